The maximum Gasteiger partial charge on any atom is 0.219 e. The summed E-state index contributed by atoms with van der Waals surface area (Å²) in [6, 6.07) is 6.13. The third kappa shape index (κ3) is 2.58. The van der Waals surface area contributed by atoms with E-state index >= 15 is 0 Å². The first-order valence-electron chi connectivity index (χ1n) is 5.27. The predicted octanol–water partition coefficient (Wildman–Crippen LogP) is 1.53. The fourth-order valence-electron chi connectivity index (χ4n) is 1.91. The van der Waals surface area contributed by atoms with Crippen LogP contribution in [0, 0.1) is 5.82 Å². The quantitative estimate of drug-likeness (QED) is 0.796. The lowest BCUT2D eigenvalue weighted by atomic mass is 9.84. The number of hydrogen-bond acceptors (Lipinski definition) is 2. The van der Waals surface area contributed by atoms with Crippen molar-refractivity contribution in [3.05, 3.63) is 35.6 Å². The molecule has 0 aliphatic heterocycles. The maximum absolute atomic E-state index is 12.8. The molecule has 1 aromatic rings. The van der Waals surface area contributed by atoms with Crippen LogP contribution in [-0.4, -0.2) is 13.0 Å². The molecule has 3 nitrogen and oxygen atoms in total. The van der Waals surface area contributed by atoms with Crippen molar-refractivity contribution in [3.63, 3.8) is 0 Å². The van der Waals surface area contributed by atoms with Crippen LogP contribution in [-0.2, 0) is 10.3 Å². The molecule has 1 unspecified atom stereocenters. The van der Waals surface area contributed by atoms with Crippen molar-refractivity contribution in [1.82, 2.24) is 5.32 Å². The van der Waals surface area contributed by atoms with Gasteiger partial charge in [0, 0.05) is 6.42 Å². The molecule has 3 N–H and O–H groups in total. The van der Waals surface area contributed by atoms with E-state index in [0.29, 0.717) is 6.42 Å². The molecule has 88 valence electrons. The number of hydrogen-bond donors (Lipinski definition) is 2. The highest BCUT2D eigenvalue weighted by atomic mass is 19.1. The number of carbonyl (C=O) groups excluding carboxylic acids is 1. The summed E-state index contributed by atoms with van der Waals surface area (Å²) in [5.41, 5.74) is 5.62. The summed E-state index contributed by atoms with van der Waals surface area (Å²) < 4.78 is 12.8. The number of benzene rings is 1. The van der Waals surface area contributed by atoms with Gasteiger partial charge in [0.15, 0.2) is 0 Å². The Balaban J connectivity index is 3.09. The van der Waals surface area contributed by atoms with E-state index in [4.69, 9.17) is 5.73 Å². The summed E-state index contributed by atoms with van der Waals surface area (Å²) in [4.78, 5) is 11.1. The third-order valence-electron chi connectivity index (χ3n) is 2.95. The molecular weight excluding hydrogens is 207 g/mol. The molecule has 1 rings (SSSR count). The van der Waals surface area contributed by atoms with Crippen LogP contribution < -0.4 is 11.1 Å². The van der Waals surface area contributed by atoms with Crippen LogP contribution in [0.1, 0.15) is 25.3 Å². The van der Waals surface area contributed by atoms with E-state index < -0.39 is 5.54 Å². The lowest BCUT2D eigenvalue weighted by Gasteiger charge is -2.32. The Bertz CT molecular complexity index is 358. The van der Waals surface area contributed by atoms with Gasteiger partial charge in [-0.2, -0.15) is 0 Å². The zero-order valence-corrected chi connectivity index (χ0v) is 9.59. The average molecular weight is 224 g/mol. The lowest BCUT2D eigenvalue weighted by Crippen LogP contribution is -2.42. The SMILES string of the molecule is CCC(CC(N)=O)(NC)c1ccc(F)cc1. The molecule has 0 aliphatic rings. The molecule has 0 saturated carbocycles. The minimum atomic E-state index is -0.500. The van der Waals surface area contributed by atoms with Crippen molar-refractivity contribution in [3.8, 4) is 0 Å². The number of amides is 1. The largest absolute Gasteiger partial charge is 0.370 e. The topological polar surface area (TPSA) is 55.1 Å². The van der Waals surface area contributed by atoms with Crippen LogP contribution in [0.3, 0.4) is 0 Å². The molecule has 0 bridgehead atoms. The first-order chi connectivity index (χ1) is 7.54. The Hall–Kier alpha value is -1.42. The summed E-state index contributed by atoms with van der Waals surface area (Å²) in [5, 5.41) is 3.11. The van der Waals surface area contributed by atoms with Gasteiger partial charge in [-0.15, -0.1) is 0 Å². The van der Waals surface area contributed by atoms with E-state index in [2.05, 4.69) is 5.32 Å². The van der Waals surface area contributed by atoms with Gasteiger partial charge < -0.3 is 11.1 Å². The number of nitrogens with two attached hydrogens (primary N) is 1. The van der Waals surface area contributed by atoms with E-state index in [-0.39, 0.29) is 18.1 Å². The van der Waals surface area contributed by atoms with E-state index in [1.54, 1.807) is 19.2 Å². The van der Waals surface area contributed by atoms with Gasteiger partial charge in [-0.1, -0.05) is 19.1 Å². The van der Waals surface area contributed by atoms with Gasteiger partial charge in [-0.05, 0) is 31.2 Å². The fourth-order valence-corrected chi connectivity index (χ4v) is 1.91. The highest BCUT2D eigenvalue weighted by Gasteiger charge is 2.30. The van der Waals surface area contributed by atoms with Crippen molar-refractivity contribution in [2.75, 3.05) is 7.05 Å². The standard InChI is InChI=1S/C12H17FN2O/c1-3-12(15-2,8-11(14)16)9-4-6-10(13)7-5-9/h4-7,15H,3,8H2,1-2H3,(H2,14,16). The summed E-state index contributed by atoms with van der Waals surface area (Å²) in [6.07, 6.45) is 0.906. The maximum atomic E-state index is 12.8. The van der Waals surface area contributed by atoms with Crippen molar-refractivity contribution in [2.45, 2.75) is 25.3 Å². The Kier molecular flexibility index (Phi) is 4.01. The molecule has 0 aromatic heterocycles. The van der Waals surface area contributed by atoms with Gasteiger partial charge in [0.05, 0.1) is 5.54 Å². The van der Waals surface area contributed by atoms with E-state index in [0.717, 1.165) is 5.56 Å². The van der Waals surface area contributed by atoms with Gasteiger partial charge in [0.1, 0.15) is 5.82 Å². The van der Waals surface area contributed by atoms with Crippen molar-refractivity contribution >= 4 is 5.91 Å². The Morgan fingerprint density at radius 3 is 2.38 bits per heavy atom. The summed E-state index contributed by atoms with van der Waals surface area (Å²) in [5.74, 6) is -0.663. The normalized spacial score (nSPS) is 14.4. The van der Waals surface area contributed by atoms with Gasteiger partial charge >= 0.3 is 0 Å². The monoisotopic (exact) mass is 224 g/mol. The predicted molar refractivity (Wildman–Crippen MR) is 61.2 cm³/mol. The summed E-state index contributed by atoms with van der Waals surface area (Å²) in [7, 11) is 1.77. The molecule has 4 heteroatoms. The van der Waals surface area contributed by atoms with Crippen LogP contribution in [0.2, 0.25) is 0 Å². The third-order valence-corrected chi connectivity index (χ3v) is 2.95. The van der Waals surface area contributed by atoms with Crippen LogP contribution in [0.15, 0.2) is 24.3 Å². The minimum absolute atomic E-state index is 0.200. The van der Waals surface area contributed by atoms with E-state index in [1.165, 1.54) is 12.1 Å². The van der Waals surface area contributed by atoms with Crippen LogP contribution in [0.5, 0.6) is 0 Å². The zero-order chi connectivity index (χ0) is 12.2. The van der Waals surface area contributed by atoms with Crippen LogP contribution >= 0.6 is 0 Å². The molecule has 1 atom stereocenters. The van der Waals surface area contributed by atoms with Gasteiger partial charge in [-0.3, -0.25) is 4.79 Å². The van der Waals surface area contributed by atoms with Gasteiger partial charge in [-0.25, -0.2) is 4.39 Å². The van der Waals surface area contributed by atoms with Gasteiger partial charge in [0.25, 0.3) is 0 Å². The van der Waals surface area contributed by atoms with E-state index in [9.17, 15) is 9.18 Å². The van der Waals surface area contributed by atoms with Crippen molar-refractivity contribution in [2.24, 2.45) is 5.73 Å². The molecule has 0 spiro atoms. The smallest absolute Gasteiger partial charge is 0.219 e. The number of nitrogens with one attached hydrogen (secondary N) is 1. The lowest BCUT2D eigenvalue weighted by molar-refractivity contribution is -0.119. The zero-order valence-electron chi connectivity index (χ0n) is 9.59. The second kappa shape index (κ2) is 5.07. The second-order valence-electron chi connectivity index (χ2n) is 3.84. The highest BCUT2D eigenvalue weighted by Crippen LogP contribution is 2.28. The molecule has 0 aliphatic carbocycles. The Morgan fingerprint density at radius 1 is 1.44 bits per heavy atom. The minimum Gasteiger partial charge on any atom is -0.370 e. The van der Waals surface area contributed by atoms with Crippen molar-refractivity contribution < 1.29 is 9.18 Å². The van der Waals surface area contributed by atoms with Crippen LogP contribution in [0.4, 0.5) is 4.39 Å². The fraction of sp³-hybridized carbons (Fsp3) is 0.417. The Morgan fingerprint density at radius 2 is 2.00 bits per heavy atom. The molecular formula is C12H17FN2O. The van der Waals surface area contributed by atoms with Gasteiger partial charge in [0.2, 0.25) is 5.91 Å². The van der Waals surface area contributed by atoms with E-state index in [1.807, 2.05) is 6.92 Å². The number of halogens is 1. The molecule has 0 saturated heterocycles. The number of primary amides is 1. The highest BCUT2D eigenvalue weighted by molar-refractivity contribution is 5.75. The molecule has 1 aromatic carbocycles. The van der Waals surface area contributed by atoms with Crippen LogP contribution in [0.25, 0.3) is 0 Å². The molecule has 16 heavy (non-hydrogen) atoms. The molecule has 0 heterocycles. The number of carbonyl (C=O) groups is 1. The molecule has 0 fully saturated rings. The summed E-state index contributed by atoms with van der Waals surface area (Å²) in [6.45, 7) is 1.96. The summed E-state index contributed by atoms with van der Waals surface area (Å²) >= 11 is 0. The Labute approximate surface area is 94.8 Å². The molecule has 1 amide bonds. The molecule has 0 radical (unpaired) electrons. The number of rotatable bonds is 5. The first kappa shape index (κ1) is 12.6. The second-order valence-corrected chi connectivity index (χ2v) is 3.84. The first-order valence-corrected chi connectivity index (χ1v) is 5.27. The van der Waals surface area contributed by atoms with Crippen molar-refractivity contribution in [1.29, 1.82) is 0 Å². The average Bonchev–Trinajstić information content (AvgIpc) is 2.27.